The van der Waals surface area contributed by atoms with Crippen LogP contribution in [0, 0.1) is 0 Å². The Labute approximate surface area is 109 Å². The SMILES string of the molecule is CCOC(=O)/C(=N/O)C1=CSC2=NNC(C)(C)N12. The molecule has 0 atom stereocenters. The summed E-state index contributed by atoms with van der Waals surface area (Å²) in [5.74, 6) is -0.657. The van der Waals surface area contributed by atoms with Gasteiger partial charge in [-0.2, -0.15) is 5.10 Å². The van der Waals surface area contributed by atoms with Crippen LogP contribution >= 0.6 is 11.8 Å². The van der Waals surface area contributed by atoms with Gasteiger partial charge in [-0.1, -0.05) is 16.9 Å². The summed E-state index contributed by atoms with van der Waals surface area (Å²) in [6.07, 6.45) is 0. The highest BCUT2D eigenvalue weighted by Gasteiger charge is 2.43. The van der Waals surface area contributed by atoms with E-state index in [-0.39, 0.29) is 12.3 Å². The average molecular weight is 270 g/mol. The number of amidine groups is 1. The topological polar surface area (TPSA) is 86.5 Å². The number of esters is 1. The molecule has 0 bridgehead atoms. The fraction of sp³-hybridized carbons (Fsp3) is 0.500. The predicted octanol–water partition coefficient (Wildman–Crippen LogP) is 0.880. The van der Waals surface area contributed by atoms with Gasteiger partial charge >= 0.3 is 5.97 Å². The molecule has 0 saturated carbocycles. The lowest BCUT2D eigenvalue weighted by Gasteiger charge is -2.31. The summed E-state index contributed by atoms with van der Waals surface area (Å²) in [4.78, 5) is 13.5. The Morgan fingerprint density at radius 2 is 2.44 bits per heavy atom. The van der Waals surface area contributed by atoms with E-state index in [2.05, 4.69) is 15.7 Å². The number of carbonyl (C=O) groups is 1. The van der Waals surface area contributed by atoms with Gasteiger partial charge in [-0.3, -0.25) is 10.3 Å². The number of thioether (sulfide) groups is 1. The van der Waals surface area contributed by atoms with Crippen LogP contribution in [0.1, 0.15) is 20.8 Å². The summed E-state index contributed by atoms with van der Waals surface area (Å²) < 4.78 is 4.86. The Balaban J connectivity index is 2.29. The van der Waals surface area contributed by atoms with Gasteiger partial charge in [0.2, 0.25) is 5.71 Å². The molecule has 0 aromatic carbocycles. The molecule has 0 amide bonds. The van der Waals surface area contributed by atoms with Gasteiger partial charge < -0.3 is 9.94 Å². The molecule has 0 aromatic heterocycles. The van der Waals surface area contributed by atoms with Gasteiger partial charge in [-0.25, -0.2) is 4.79 Å². The second-order valence-electron chi connectivity index (χ2n) is 4.19. The summed E-state index contributed by atoms with van der Waals surface area (Å²) in [6, 6.07) is 0. The van der Waals surface area contributed by atoms with Crippen molar-refractivity contribution >= 4 is 28.6 Å². The summed E-state index contributed by atoms with van der Waals surface area (Å²) >= 11 is 1.35. The maximum atomic E-state index is 11.7. The number of nitrogens with one attached hydrogen (secondary N) is 1. The number of hydrazone groups is 1. The summed E-state index contributed by atoms with van der Waals surface area (Å²) in [7, 11) is 0. The van der Waals surface area contributed by atoms with Gasteiger partial charge in [0.1, 0.15) is 5.66 Å². The largest absolute Gasteiger partial charge is 0.461 e. The minimum Gasteiger partial charge on any atom is -0.461 e. The highest BCUT2D eigenvalue weighted by Crippen LogP contribution is 2.36. The molecule has 0 saturated heterocycles. The van der Waals surface area contributed by atoms with Crippen LogP contribution < -0.4 is 5.43 Å². The number of oxime groups is 1. The monoisotopic (exact) mass is 270 g/mol. The van der Waals surface area contributed by atoms with Gasteiger partial charge in [-0.15, -0.1) is 0 Å². The van der Waals surface area contributed by atoms with Crippen molar-refractivity contribution in [3.05, 3.63) is 11.1 Å². The number of hydrogen-bond acceptors (Lipinski definition) is 8. The molecule has 0 spiro atoms. The highest BCUT2D eigenvalue weighted by molar-refractivity contribution is 8.16. The fourth-order valence-electron chi connectivity index (χ4n) is 1.73. The van der Waals surface area contributed by atoms with Gasteiger partial charge in [0.05, 0.1) is 12.3 Å². The van der Waals surface area contributed by atoms with Crippen LogP contribution in [-0.4, -0.2) is 39.2 Å². The van der Waals surface area contributed by atoms with Crippen LogP contribution in [0.4, 0.5) is 0 Å². The number of carbonyl (C=O) groups excluding carboxylic acids is 1. The molecule has 0 unspecified atom stereocenters. The zero-order valence-corrected chi connectivity index (χ0v) is 11.1. The van der Waals surface area contributed by atoms with E-state index in [4.69, 9.17) is 9.94 Å². The van der Waals surface area contributed by atoms with E-state index in [1.165, 1.54) is 11.8 Å². The van der Waals surface area contributed by atoms with Crippen molar-refractivity contribution in [3.8, 4) is 0 Å². The van der Waals surface area contributed by atoms with Crippen molar-refractivity contribution in [3.63, 3.8) is 0 Å². The van der Waals surface area contributed by atoms with Crippen LogP contribution in [0.25, 0.3) is 0 Å². The number of rotatable bonds is 3. The minimum atomic E-state index is -0.657. The lowest BCUT2D eigenvalue weighted by atomic mass is 10.1. The molecule has 2 N–H and O–H groups in total. The van der Waals surface area contributed by atoms with Crippen molar-refractivity contribution in [2.24, 2.45) is 10.3 Å². The summed E-state index contributed by atoms with van der Waals surface area (Å²) in [6.45, 7) is 5.73. The van der Waals surface area contributed by atoms with E-state index in [0.717, 1.165) is 0 Å². The predicted molar refractivity (Wildman–Crippen MR) is 68.0 cm³/mol. The molecule has 2 aliphatic heterocycles. The Morgan fingerprint density at radius 3 is 3.06 bits per heavy atom. The van der Waals surface area contributed by atoms with Crippen molar-refractivity contribution in [2.45, 2.75) is 26.4 Å². The number of nitrogens with zero attached hydrogens (tertiary/aromatic N) is 3. The molecular weight excluding hydrogens is 256 g/mol. The molecule has 2 rings (SSSR count). The number of fused-ring (bicyclic) bond motifs is 1. The molecule has 0 fully saturated rings. The molecule has 0 radical (unpaired) electrons. The molecule has 2 aliphatic rings. The zero-order chi connectivity index (χ0) is 13.3. The van der Waals surface area contributed by atoms with Crippen LogP contribution in [0.5, 0.6) is 0 Å². The quantitative estimate of drug-likeness (QED) is 0.343. The molecule has 2 heterocycles. The summed E-state index contributed by atoms with van der Waals surface area (Å²) in [5.41, 5.74) is 2.82. The summed E-state index contributed by atoms with van der Waals surface area (Å²) in [5, 5.41) is 18.6. The zero-order valence-electron chi connectivity index (χ0n) is 10.3. The van der Waals surface area contributed by atoms with Gasteiger partial charge in [0, 0.05) is 5.41 Å². The molecular formula is C10H14N4O3S. The van der Waals surface area contributed by atoms with E-state index >= 15 is 0 Å². The molecule has 98 valence electrons. The first-order valence-corrected chi connectivity index (χ1v) is 6.30. The number of hydrogen-bond donors (Lipinski definition) is 2. The fourth-order valence-corrected chi connectivity index (χ4v) is 2.69. The van der Waals surface area contributed by atoms with Crippen LogP contribution in [-0.2, 0) is 9.53 Å². The second kappa shape index (κ2) is 4.52. The van der Waals surface area contributed by atoms with E-state index in [0.29, 0.717) is 10.9 Å². The third kappa shape index (κ3) is 1.92. The Morgan fingerprint density at radius 1 is 1.72 bits per heavy atom. The van der Waals surface area contributed by atoms with Gasteiger partial charge in [0.15, 0.2) is 5.17 Å². The van der Waals surface area contributed by atoms with Crippen molar-refractivity contribution in [1.29, 1.82) is 0 Å². The average Bonchev–Trinajstić information content (AvgIpc) is 2.84. The van der Waals surface area contributed by atoms with Crippen LogP contribution in [0.2, 0.25) is 0 Å². The first-order valence-electron chi connectivity index (χ1n) is 5.42. The van der Waals surface area contributed by atoms with Crippen molar-refractivity contribution in [1.82, 2.24) is 10.3 Å². The first kappa shape index (κ1) is 12.7. The van der Waals surface area contributed by atoms with Gasteiger partial charge in [0.25, 0.3) is 0 Å². The third-order valence-electron chi connectivity index (χ3n) is 2.50. The molecule has 8 heteroatoms. The third-order valence-corrected chi connectivity index (χ3v) is 3.33. The normalized spacial score (nSPS) is 21.1. The smallest absolute Gasteiger partial charge is 0.362 e. The van der Waals surface area contributed by atoms with E-state index in [1.54, 1.807) is 17.2 Å². The molecule has 0 aromatic rings. The van der Waals surface area contributed by atoms with E-state index < -0.39 is 11.6 Å². The maximum absolute atomic E-state index is 11.7. The van der Waals surface area contributed by atoms with E-state index in [9.17, 15) is 4.79 Å². The van der Waals surface area contributed by atoms with Crippen molar-refractivity contribution in [2.75, 3.05) is 6.61 Å². The van der Waals surface area contributed by atoms with E-state index in [1.807, 2.05) is 13.8 Å². The lowest BCUT2D eigenvalue weighted by Crippen LogP contribution is -2.48. The standard InChI is InChI=1S/C10H14N4O3S/c1-4-17-8(15)7(12-16)6-5-18-9-11-13-10(2,3)14(6)9/h5,13,16H,4H2,1-3H3/b12-7+. The second-order valence-corrected chi connectivity index (χ2v) is 5.03. The molecule has 18 heavy (non-hydrogen) atoms. The Kier molecular flexibility index (Phi) is 3.20. The Hall–Kier alpha value is -1.70. The lowest BCUT2D eigenvalue weighted by molar-refractivity contribution is -0.135. The first-order chi connectivity index (χ1) is 8.51. The molecule has 7 nitrogen and oxygen atoms in total. The Bertz CT molecular complexity index is 470. The van der Waals surface area contributed by atoms with Crippen LogP contribution in [0.15, 0.2) is 21.4 Å². The highest BCUT2D eigenvalue weighted by atomic mass is 32.2. The number of ether oxygens (including phenoxy) is 1. The maximum Gasteiger partial charge on any atom is 0.362 e. The minimum absolute atomic E-state index is 0.119. The van der Waals surface area contributed by atoms with Gasteiger partial charge in [-0.05, 0) is 20.8 Å². The van der Waals surface area contributed by atoms with Crippen molar-refractivity contribution < 1.29 is 14.7 Å². The van der Waals surface area contributed by atoms with Crippen LogP contribution in [0.3, 0.4) is 0 Å². The molecule has 0 aliphatic carbocycles.